The molecule has 0 atom stereocenters. The van der Waals surface area contributed by atoms with E-state index in [1.807, 2.05) is 12.3 Å². The van der Waals surface area contributed by atoms with Gasteiger partial charge in [0, 0.05) is 31.3 Å². The van der Waals surface area contributed by atoms with Crippen LogP contribution < -0.4 is 10.1 Å². The van der Waals surface area contributed by atoms with Crippen LogP contribution in [0.4, 0.5) is 4.39 Å². The molecular formula is C10H15FN2O. The molecule has 0 bridgehead atoms. The van der Waals surface area contributed by atoms with Gasteiger partial charge in [-0.3, -0.25) is 4.39 Å². The Bertz CT molecular complexity index is 259. The molecule has 3 nitrogen and oxygen atoms in total. The Labute approximate surface area is 83.3 Å². The lowest BCUT2D eigenvalue weighted by Crippen LogP contribution is -2.39. The number of pyridine rings is 1. The van der Waals surface area contributed by atoms with Crippen molar-refractivity contribution in [3.8, 4) is 5.88 Å². The summed E-state index contributed by atoms with van der Waals surface area (Å²) in [6.45, 7) is 2.15. The molecule has 0 aromatic carbocycles. The van der Waals surface area contributed by atoms with Gasteiger partial charge >= 0.3 is 0 Å². The van der Waals surface area contributed by atoms with Crippen LogP contribution in [-0.4, -0.2) is 32.4 Å². The number of halogens is 1. The highest BCUT2D eigenvalue weighted by atomic mass is 19.1. The normalized spacial score (nSPS) is 15.1. The van der Waals surface area contributed by atoms with E-state index in [0.29, 0.717) is 19.0 Å². The van der Waals surface area contributed by atoms with Crippen LogP contribution in [0.15, 0.2) is 18.3 Å². The number of hydrogen-bond donors (Lipinski definition) is 1. The number of ether oxygens (including phenoxy) is 1. The van der Waals surface area contributed by atoms with Crippen LogP contribution in [-0.2, 0) is 0 Å². The Morgan fingerprint density at radius 3 is 2.50 bits per heavy atom. The van der Waals surface area contributed by atoms with E-state index in [1.165, 1.54) is 5.56 Å². The van der Waals surface area contributed by atoms with Gasteiger partial charge in [0.2, 0.25) is 5.88 Å². The molecule has 1 fully saturated rings. The largest absolute Gasteiger partial charge is 0.481 e. The Morgan fingerprint density at radius 1 is 1.43 bits per heavy atom. The molecule has 0 radical (unpaired) electrons. The lowest BCUT2D eigenvalue weighted by atomic mass is 9.95. The fraction of sp³-hybridized carbons (Fsp3) is 0.500. The van der Waals surface area contributed by atoms with E-state index < -0.39 is 0 Å². The van der Waals surface area contributed by atoms with Gasteiger partial charge in [0.05, 0.1) is 14.3 Å². The predicted molar refractivity (Wildman–Crippen MR) is 53.4 cm³/mol. The summed E-state index contributed by atoms with van der Waals surface area (Å²) in [5, 5.41) is 3.23. The van der Waals surface area contributed by atoms with Crippen LogP contribution in [0.25, 0.3) is 0 Å². The Morgan fingerprint density at radius 2 is 2.14 bits per heavy atom. The van der Waals surface area contributed by atoms with Crippen molar-refractivity contribution < 1.29 is 9.13 Å². The maximum atomic E-state index is 9.50. The summed E-state index contributed by atoms with van der Waals surface area (Å²) in [6.07, 6.45) is 1.89. The first kappa shape index (κ1) is 10.9. The second-order valence-corrected chi connectivity index (χ2v) is 2.99. The summed E-state index contributed by atoms with van der Waals surface area (Å²) in [5.74, 6) is 1.34. The molecular weight excluding hydrogens is 183 g/mol. The van der Waals surface area contributed by atoms with Crippen molar-refractivity contribution in [1.29, 1.82) is 0 Å². The minimum Gasteiger partial charge on any atom is -0.481 e. The number of rotatable bonds is 2. The SMILES string of the molecule is CF.COc1ccc(C2CNC2)cn1. The maximum absolute atomic E-state index is 9.50. The monoisotopic (exact) mass is 198 g/mol. The Kier molecular flexibility index (Phi) is 4.32. The summed E-state index contributed by atoms with van der Waals surface area (Å²) >= 11 is 0. The molecule has 1 aliphatic rings. The highest BCUT2D eigenvalue weighted by Crippen LogP contribution is 2.19. The maximum Gasteiger partial charge on any atom is 0.212 e. The van der Waals surface area contributed by atoms with Crippen molar-refractivity contribution in [1.82, 2.24) is 10.3 Å². The van der Waals surface area contributed by atoms with Crippen molar-refractivity contribution in [2.75, 3.05) is 27.4 Å². The lowest BCUT2D eigenvalue weighted by Gasteiger charge is -2.27. The van der Waals surface area contributed by atoms with Gasteiger partial charge in [0.1, 0.15) is 0 Å². The second-order valence-electron chi connectivity index (χ2n) is 2.99. The summed E-state index contributed by atoms with van der Waals surface area (Å²) in [6, 6.07) is 3.99. The first-order valence-electron chi connectivity index (χ1n) is 4.48. The summed E-state index contributed by atoms with van der Waals surface area (Å²) in [7, 11) is 2.13. The molecule has 0 unspecified atom stereocenters. The van der Waals surface area contributed by atoms with E-state index in [2.05, 4.69) is 16.4 Å². The molecule has 0 aliphatic carbocycles. The zero-order valence-electron chi connectivity index (χ0n) is 8.46. The zero-order chi connectivity index (χ0) is 10.4. The minimum atomic E-state index is 0.500. The van der Waals surface area contributed by atoms with Crippen molar-refractivity contribution in [2.24, 2.45) is 0 Å². The smallest absolute Gasteiger partial charge is 0.212 e. The van der Waals surface area contributed by atoms with E-state index in [-0.39, 0.29) is 0 Å². The van der Waals surface area contributed by atoms with E-state index >= 15 is 0 Å². The molecule has 1 aromatic heterocycles. The van der Waals surface area contributed by atoms with Gasteiger partial charge in [-0.25, -0.2) is 4.98 Å². The standard InChI is InChI=1S/C9H12N2O.CH3F/c1-12-9-3-2-7(6-11-9)8-4-10-5-8;1-2/h2-3,6,8,10H,4-5H2,1H3;1H3. The first-order valence-corrected chi connectivity index (χ1v) is 4.48. The number of nitrogens with one attached hydrogen (secondary N) is 1. The van der Waals surface area contributed by atoms with Gasteiger partial charge in [-0.15, -0.1) is 0 Å². The zero-order valence-corrected chi connectivity index (χ0v) is 8.46. The molecule has 2 heterocycles. The van der Waals surface area contributed by atoms with E-state index in [4.69, 9.17) is 4.74 Å². The lowest BCUT2D eigenvalue weighted by molar-refractivity contribution is 0.395. The van der Waals surface area contributed by atoms with Crippen molar-refractivity contribution in [2.45, 2.75) is 5.92 Å². The number of aromatic nitrogens is 1. The average molecular weight is 198 g/mol. The first-order chi connectivity index (χ1) is 6.90. The number of nitrogens with zero attached hydrogens (tertiary/aromatic N) is 1. The third kappa shape index (κ3) is 2.42. The number of methoxy groups -OCH3 is 1. The number of hydrogen-bond acceptors (Lipinski definition) is 3. The van der Waals surface area contributed by atoms with E-state index in [9.17, 15) is 4.39 Å². The van der Waals surface area contributed by atoms with Crippen molar-refractivity contribution in [3.05, 3.63) is 23.9 Å². The van der Waals surface area contributed by atoms with Crippen LogP contribution in [0.3, 0.4) is 0 Å². The Hall–Kier alpha value is -1.16. The molecule has 1 aliphatic heterocycles. The molecule has 4 heteroatoms. The minimum absolute atomic E-state index is 0.500. The molecule has 14 heavy (non-hydrogen) atoms. The Balaban J connectivity index is 0.000000461. The van der Waals surface area contributed by atoms with Crippen LogP contribution in [0.2, 0.25) is 0 Å². The molecule has 78 valence electrons. The molecule has 0 spiro atoms. The van der Waals surface area contributed by atoms with Gasteiger partial charge < -0.3 is 10.1 Å². The molecule has 0 amide bonds. The molecule has 1 aromatic rings. The summed E-state index contributed by atoms with van der Waals surface area (Å²) < 4.78 is 14.5. The summed E-state index contributed by atoms with van der Waals surface area (Å²) in [4.78, 5) is 4.15. The average Bonchev–Trinajstić information content (AvgIpc) is 2.20. The fourth-order valence-corrected chi connectivity index (χ4v) is 1.28. The molecule has 2 rings (SSSR count). The van der Waals surface area contributed by atoms with Gasteiger partial charge in [-0.05, 0) is 5.56 Å². The highest BCUT2D eigenvalue weighted by Gasteiger charge is 2.18. The third-order valence-corrected chi connectivity index (χ3v) is 2.22. The number of alkyl halides is 1. The van der Waals surface area contributed by atoms with Gasteiger partial charge in [0.25, 0.3) is 0 Å². The van der Waals surface area contributed by atoms with Crippen LogP contribution in [0.5, 0.6) is 5.88 Å². The predicted octanol–water partition coefficient (Wildman–Crippen LogP) is 1.36. The summed E-state index contributed by atoms with van der Waals surface area (Å²) in [5.41, 5.74) is 1.30. The van der Waals surface area contributed by atoms with E-state index in [0.717, 1.165) is 13.1 Å². The van der Waals surface area contributed by atoms with Crippen LogP contribution in [0.1, 0.15) is 11.5 Å². The van der Waals surface area contributed by atoms with Crippen molar-refractivity contribution in [3.63, 3.8) is 0 Å². The van der Waals surface area contributed by atoms with Gasteiger partial charge in [0.15, 0.2) is 0 Å². The molecule has 1 saturated heterocycles. The molecule has 0 saturated carbocycles. The van der Waals surface area contributed by atoms with E-state index in [1.54, 1.807) is 7.11 Å². The fourth-order valence-electron chi connectivity index (χ4n) is 1.28. The second kappa shape index (κ2) is 5.54. The third-order valence-electron chi connectivity index (χ3n) is 2.22. The highest BCUT2D eigenvalue weighted by molar-refractivity contribution is 5.23. The molecule has 1 N–H and O–H groups in total. The topological polar surface area (TPSA) is 34.1 Å². The van der Waals surface area contributed by atoms with Gasteiger partial charge in [-0.1, -0.05) is 6.07 Å². The van der Waals surface area contributed by atoms with Crippen molar-refractivity contribution >= 4 is 0 Å². The van der Waals surface area contributed by atoms with Crippen LogP contribution >= 0.6 is 0 Å². The quantitative estimate of drug-likeness (QED) is 0.779. The van der Waals surface area contributed by atoms with Crippen LogP contribution in [0, 0.1) is 0 Å². The van der Waals surface area contributed by atoms with Gasteiger partial charge in [-0.2, -0.15) is 0 Å².